The van der Waals surface area contributed by atoms with Crippen molar-refractivity contribution in [1.82, 2.24) is 30.2 Å². The van der Waals surface area contributed by atoms with E-state index in [1.807, 2.05) is 20.0 Å². The van der Waals surface area contributed by atoms with Gasteiger partial charge >= 0.3 is 0 Å². The molecule has 1 saturated heterocycles. The van der Waals surface area contributed by atoms with Crippen molar-refractivity contribution in [2.75, 3.05) is 20.1 Å². The molecule has 3 heterocycles. The van der Waals surface area contributed by atoms with Crippen LogP contribution in [0.1, 0.15) is 35.7 Å². The molecule has 0 saturated carbocycles. The molecule has 0 unspecified atom stereocenters. The Kier molecular flexibility index (Phi) is 4.89. The van der Waals surface area contributed by atoms with Gasteiger partial charge in [-0.25, -0.2) is 15.0 Å². The van der Waals surface area contributed by atoms with Crippen molar-refractivity contribution in [3.05, 3.63) is 41.5 Å². The van der Waals surface area contributed by atoms with Crippen LogP contribution in [0.15, 0.2) is 18.6 Å². The minimum Gasteiger partial charge on any atom is -0.350 e. The van der Waals surface area contributed by atoms with Crippen molar-refractivity contribution in [3.63, 3.8) is 0 Å². The molecule has 2 aromatic rings. The highest BCUT2D eigenvalue weighted by Crippen LogP contribution is 2.33. The molecule has 128 valence electrons. The van der Waals surface area contributed by atoms with Crippen molar-refractivity contribution in [2.24, 2.45) is 5.92 Å². The first-order valence-corrected chi connectivity index (χ1v) is 8.35. The smallest absolute Gasteiger partial charge is 0.225 e. The maximum absolute atomic E-state index is 12.7. The van der Waals surface area contributed by atoms with Crippen LogP contribution >= 0.6 is 0 Å². The van der Waals surface area contributed by atoms with Gasteiger partial charge in [-0.05, 0) is 20.0 Å². The molecule has 0 aromatic carbocycles. The van der Waals surface area contributed by atoms with Crippen LogP contribution in [0.5, 0.6) is 0 Å². The van der Waals surface area contributed by atoms with Crippen LogP contribution in [-0.2, 0) is 17.8 Å². The summed E-state index contributed by atoms with van der Waals surface area (Å²) in [6.45, 7) is 6.13. The number of carbonyl (C=O) groups excluding carboxylic acids is 1. The van der Waals surface area contributed by atoms with Gasteiger partial charge < -0.3 is 15.2 Å². The summed E-state index contributed by atoms with van der Waals surface area (Å²) in [4.78, 5) is 31.0. The summed E-state index contributed by atoms with van der Waals surface area (Å²) < 4.78 is 0. The van der Waals surface area contributed by atoms with E-state index in [1.54, 1.807) is 6.20 Å². The van der Waals surface area contributed by atoms with Crippen LogP contribution in [0.25, 0.3) is 0 Å². The van der Waals surface area contributed by atoms with Crippen LogP contribution in [0, 0.1) is 12.8 Å². The van der Waals surface area contributed by atoms with E-state index in [2.05, 4.69) is 32.1 Å². The van der Waals surface area contributed by atoms with Crippen molar-refractivity contribution in [3.8, 4) is 0 Å². The maximum atomic E-state index is 12.7. The van der Waals surface area contributed by atoms with E-state index in [9.17, 15) is 4.79 Å². The van der Waals surface area contributed by atoms with Gasteiger partial charge in [0.05, 0.1) is 23.9 Å². The normalized spacial score (nSPS) is 21.1. The van der Waals surface area contributed by atoms with E-state index in [0.717, 1.165) is 42.4 Å². The van der Waals surface area contributed by atoms with Gasteiger partial charge in [-0.3, -0.25) is 4.79 Å². The van der Waals surface area contributed by atoms with Crippen LogP contribution in [0.3, 0.4) is 0 Å². The Bertz CT molecular complexity index is 698. The second-order valence-corrected chi connectivity index (χ2v) is 6.40. The number of hydrogen-bond acceptors (Lipinski definition) is 5. The highest BCUT2D eigenvalue weighted by Gasteiger charge is 2.39. The number of aromatic nitrogens is 4. The second kappa shape index (κ2) is 7.09. The highest BCUT2D eigenvalue weighted by atomic mass is 16.1. The number of carbonyl (C=O) groups is 1. The Morgan fingerprint density at radius 2 is 2.29 bits per heavy atom. The molecule has 7 heteroatoms. The Labute approximate surface area is 141 Å². The van der Waals surface area contributed by atoms with Crippen molar-refractivity contribution >= 4 is 5.91 Å². The lowest BCUT2D eigenvalue weighted by atomic mass is 9.91. The van der Waals surface area contributed by atoms with Gasteiger partial charge in [0.1, 0.15) is 12.2 Å². The quantitative estimate of drug-likeness (QED) is 0.856. The first-order valence-electron chi connectivity index (χ1n) is 8.35. The molecule has 0 spiro atoms. The number of amides is 1. The van der Waals surface area contributed by atoms with Gasteiger partial charge in [-0.15, -0.1) is 0 Å². The molecule has 1 aliphatic heterocycles. The monoisotopic (exact) mass is 328 g/mol. The third-order valence-electron chi connectivity index (χ3n) is 4.58. The number of aromatic amines is 1. The standard InChI is InChI=1S/C17H24N6O/c1-4-15-21-11(2)16(22-15)13-8-23(3)9-14(13)17(24)19-7-12-5-6-18-10-20-12/h5-6,10,13-14H,4,7-9H2,1-3H3,(H,19,24)(H,21,22)/t13-,14-/m0/s1. The first-order chi connectivity index (χ1) is 11.6. The molecule has 0 aliphatic carbocycles. The molecule has 0 radical (unpaired) electrons. The van der Waals surface area contributed by atoms with Crippen molar-refractivity contribution in [2.45, 2.75) is 32.7 Å². The summed E-state index contributed by atoms with van der Waals surface area (Å²) in [5.74, 6) is 1.07. The lowest BCUT2D eigenvalue weighted by Gasteiger charge is -2.17. The molecule has 1 fully saturated rings. The summed E-state index contributed by atoms with van der Waals surface area (Å²) >= 11 is 0. The van der Waals surface area contributed by atoms with Gasteiger partial charge in [-0.1, -0.05) is 6.92 Å². The van der Waals surface area contributed by atoms with Gasteiger partial charge in [0.2, 0.25) is 5.91 Å². The number of likely N-dealkylation sites (N-methyl/N-ethyl adjacent to an activating group) is 1. The number of nitrogens with zero attached hydrogens (tertiary/aromatic N) is 4. The molecule has 2 N–H and O–H groups in total. The fourth-order valence-corrected chi connectivity index (χ4v) is 3.34. The zero-order valence-corrected chi connectivity index (χ0v) is 14.4. The van der Waals surface area contributed by atoms with E-state index < -0.39 is 0 Å². The van der Waals surface area contributed by atoms with Gasteiger partial charge in [-0.2, -0.15) is 0 Å². The molecular weight excluding hydrogens is 304 g/mol. The Morgan fingerprint density at radius 1 is 1.46 bits per heavy atom. The SMILES string of the molecule is CCc1nc([C@H]2CN(C)C[C@@H]2C(=O)NCc2ccncn2)c(C)[nH]1. The number of rotatable bonds is 5. The van der Waals surface area contributed by atoms with Gasteiger partial charge in [0.25, 0.3) is 0 Å². The minimum absolute atomic E-state index is 0.0587. The lowest BCUT2D eigenvalue weighted by Crippen LogP contribution is -2.34. The fourth-order valence-electron chi connectivity index (χ4n) is 3.34. The van der Waals surface area contributed by atoms with E-state index in [-0.39, 0.29) is 17.7 Å². The Hall–Kier alpha value is -2.28. The zero-order valence-electron chi connectivity index (χ0n) is 14.4. The lowest BCUT2D eigenvalue weighted by molar-refractivity contribution is -0.125. The zero-order chi connectivity index (χ0) is 17.1. The second-order valence-electron chi connectivity index (χ2n) is 6.40. The Morgan fingerprint density at radius 3 is 2.96 bits per heavy atom. The number of nitrogens with one attached hydrogen (secondary N) is 2. The molecule has 3 rings (SSSR count). The van der Waals surface area contributed by atoms with Crippen molar-refractivity contribution in [1.29, 1.82) is 0 Å². The average Bonchev–Trinajstić information content (AvgIpc) is 3.16. The molecule has 2 aromatic heterocycles. The summed E-state index contributed by atoms with van der Waals surface area (Å²) in [6.07, 6.45) is 4.04. The molecule has 1 aliphatic rings. The number of aryl methyl sites for hydroxylation is 2. The molecule has 7 nitrogen and oxygen atoms in total. The number of likely N-dealkylation sites (tertiary alicyclic amines) is 1. The third kappa shape index (κ3) is 3.46. The molecule has 1 amide bonds. The molecule has 0 bridgehead atoms. The molecule has 24 heavy (non-hydrogen) atoms. The summed E-state index contributed by atoms with van der Waals surface area (Å²) in [5, 5.41) is 3.01. The van der Waals surface area contributed by atoms with Crippen LogP contribution in [0.2, 0.25) is 0 Å². The number of hydrogen-bond donors (Lipinski definition) is 2. The first kappa shape index (κ1) is 16.6. The fraction of sp³-hybridized carbons (Fsp3) is 0.529. The third-order valence-corrected chi connectivity index (χ3v) is 4.58. The van der Waals surface area contributed by atoms with E-state index in [0.29, 0.717) is 6.54 Å². The predicted octanol–water partition coefficient (Wildman–Crippen LogP) is 1.03. The maximum Gasteiger partial charge on any atom is 0.225 e. The van der Waals surface area contributed by atoms with Crippen LogP contribution in [-0.4, -0.2) is 50.9 Å². The average molecular weight is 328 g/mol. The van der Waals surface area contributed by atoms with Crippen LogP contribution in [0.4, 0.5) is 0 Å². The molecule has 2 atom stereocenters. The summed E-state index contributed by atoms with van der Waals surface area (Å²) in [5.41, 5.74) is 2.91. The Balaban J connectivity index is 1.72. The predicted molar refractivity (Wildman–Crippen MR) is 90.3 cm³/mol. The number of imidazole rings is 1. The van der Waals surface area contributed by atoms with Crippen LogP contribution < -0.4 is 5.32 Å². The summed E-state index contributed by atoms with van der Waals surface area (Å²) in [7, 11) is 2.05. The largest absolute Gasteiger partial charge is 0.350 e. The van der Waals surface area contributed by atoms with E-state index in [4.69, 9.17) is 4.98 Å². The number of H-pyrrole nitrogens is 1. The van der Waals surface area contributed by atoms with E-state index >= 15 is 0 Å². The minimum atomic E-state index is -0.0939. The topological polar surface area (TPSA) is 86.8 Å². The van der Waals surface area contributed by atoms with E-state index in [1.165, 1.54) is 6.33 Å². The summed E-state index contributed by atoms with van der Waals surface area (Å²) in [6, 6.07) is 1.81. The highest BCUT2D eigenvalue weighted by molar-refractivity contribution is 5.80. The van der Waals surface area contributed by atoms with Gasteiger partial charge in [0.15, 0.2) is 0 Å². The van der Waals surface area contributed by atoms with Gasteiger partial charge in [0, 0.05) is 37.3 Å². The molecular formula is C17H24N6O. The van der Waals surface area contributed by atoms with Crippen molar-refractivity contribution < 1.29 is 4.79 Å².